The molecule has 4 heteroatoms. The first-order chi connectivity index (χ1) is 9.24. The molecule has 2 heterocycles. The molecular formula is C15H14ClNOS. The maximum atomic E-state index is 11.5. The Labute approximate surface area is 121 Å². The topological polar surface area (TPSA) is 29.1 Å². The van der Waals surface area contributed by atoms with Crippen LogP contribution in [0.2, 0.25) is 0 Å². The van der Waals surface area contributed by atoms with Crippen molar-refractivity contribution in [2.24, 2.45) is 0 Å². The van der Waals surface area contributed by atoms with E-state index in [-0.39, 0.29) is 11.3 Å². The van der Waals surface area contributed by atoms with E-state index >= 15 is 0 Å². The van der Waals surface area contributed by atoms with Crippen LogP contribution in [0.1, 0.15) is 34.2 Å². The summed E-state index contributed by atoms with van der Waals surface area (Å²) in [5.41, 5.74) is 3.21. The zero-order valence-corrected chi connectivity index (χ0v) is 11.9. The molecule has 0 spiro atoms. The average Bonchev–Trinajstić information content (AvgIpc) is 2.87. The molecule has 3 rings (SSSR count). The van der Waals surface area contributed by atoms with Gasteiger partial charge < -0.3 is 5.32 Å². The third kappa shape index (κ3) is 2.67. The van der Waals surface area contributed by atoms with Crippen molar-refractivity contribution in [2.45, 2.75) is 24.6 Å². The fourth-order valence-electron chi connectivity index (χ4n) is 2.35. The second-order valence-electron chi connectivity index (χ2n) is 4.70. The lowest BCUT2D eigenvalue weighted by Crippen LogP contribution is -2.09. The maximum absolute atomic E-state index is 11.5. The summed E-state index contributed by atoms with van der Waals surface area (Å²) in [7, 11) is 0. The number of alkyl halides is 1. The number of benzene rings is 1. The highest BCUT2D eigenvalue weighted by atomic mass is 35.5. The lowest BCUT2D eigenvalue weighted by atomic mass is 10.0. The zero-order chi connectivity index (χ0) is 13.2. The highest BCUT2D eigenvalue weighted by Crippen LogP contribution is 2.34. The van der Waals surface area contributed by atoms with Crippen LogP contribution in [0.3, 0.4) is 0 Å². The molecule has 1 aromatic carbocycles. The normalized spacial score (nSPS) is 16.4. The van der Waals surface area contributed by atoms with Crippen LogP contribution < -0.4 is 5.32 Å². The van der Waals surface area contributed by atoms with Gasteiger partial charge in [-0.3, -0.25) is 4.79 Å². The standard InChI is InChI=1S/C15H14ClNOS/c16-15(13-4-2-8-19-13)11-6-7-12-10(9-11)3-1-5-14(18)17-12/h2,4,6-9,15H,1,3,5H2,(H,17,18). The summed E-state index contributed by atoms with van der Waals surface area (Å²) in [5, 5.41) is 4.87. The van der Waals surface area contributed by atoms with Crippen molar-refractivity contribution in [1.29, 1.82) is 0 Å². The molecule has 2 nitrogen and oxygen atoms in total. The van der Waals surface area contributed by atoms with E-state index in [0.717, 1.165) is 29.0 Å². The molecule has 1 amide bonds. The monoisotopic (exact) mass is 291 g/mol. The predicted octanol–water partition coefficient (Wildman–Crippen LogP) is 4.35. The number of carbonyl (C=O) groups excluding carboxylic acids is 1. The van der Waals surface area contributed by atoms with Gasteiger partial charge in [-0.15, -0.1) is 22.9 Å². The quantitative estimate of drug-likeness (QED) is 0.819. The third-order valence-electron chi connectivity index (χ3n) is 3.34. The van der Waals surface area contributed by atoms with Gasteiger partial charge in [-0.2, -0.15) is 0 Å². The summed E-state index contributed by atoms with van der Waals surface area (Å²) < 4.78 is 0. The van der Waals surface area contributed by atoms with Gasteiger partial charge in [0.25, 0.3) is 0 Å². The van der Waals surface area contributed by atoms with Crippen LogP contribution in [0.5, 0.6) is 0 Å². The smallest absolute Gasteiger partial charge is 0.224 e. The zero-order valence-electron chi connectivity index (χ0n) is 10.4. The minimum Gasteiger partial charge on any atom is -0.326 e. The van der Waals surface area contributed by atoms with Crippen LogP contribution in [-0.2, 0) is 11.2 Å². The van der Waals surface area contributed by atoms with E-state index in [4.69, 9.17) is 11.6 Å². The molecule has 0 saturated heterocycles. The van der Waals surface area contributed by atoms with Crippen molar-refractivity contribution in [3.05, 3.63) is 51.7 Å². The Kier molecular flexibility index (Phi) is 3.58. The number of halogens is 1. The highest BCUT2D eigenvalue weighted by Gasteiger charge is 2.17. The van der Waals surface area contributed by atoms with E-state index in [1.54, 1.807) is 11.3 Å². The molecule has 0 aliphatic carbocycles. The number of aryl methyl sites for hydroxylation is 1. The van der Waals surface area contributed by atoms with Crippen molar-refractivity contribution in [3.8, 4) is 0 Å². The fraction of sp³-hybridized carbons (Fsp3) is 0.267. The Bertz CT molecular complexity index is 594. The maximum Gasteiger partial charge on any atom is 0.224 e. The lowest BCUT2D eigenvalue weighted by Gasteiger charge is -2.12. The summed E-state index contributed by atoms with van der Waals surface area (Å²) in [5.74, 6) is 0.104. The van der Waals surface area contributed by atoms with E-state index in [9.17, 15) is 4.79 Å². The first-order valence-corrected chi connectivity index (χ1v) is 7.66. The number of anilines is 1. The van der Waals surface area contributed by atoms with Crippen molar-refractivity contribution >= 4 is 34.5 Å². The molecule has 2 aromatic rings. The van der Waals surface area contributed by atoms with E-state index in [1.807, 2.05) is 23.6 Å². The van der Waals surface area contributed by atoms with Gasteiger partial charge in [0.2, 0.25) is 5.91 Å². The van der Waals surface area contributed by atoms with Crippen LogP contribution in [0.15, 0.2) is 35.7 Å². The summed E-state index contributed by atoms with van der Waals surface area (Å²) >= 11 is 8.17. The molecule has 1 unspecified atom stereocenters. The summed E-state index contributed by atoms with van der Waals surface area (Å²) in [6.45, 7) is 0. The Balaban J connectivity index is 1.93. The summed E-state index contributed by atoms with van der Waals surface area (Å²) in [6.07, 6.45) is 2.42. The number of nitrogens with one attached hydrogen (secondary N) is 1. The van der Waals surface area contributed by atoms with Gasteiger partial charge in [0.15, 0.2) is 0 Å². The molecule has 1 aliphatic heterocycles. The number of hydrogen-bond acceptors (Lipinski definition) is 2. The largest absolute Gasteiger partial charge is 0.326 e. The molecule has 0 fully saturated rings. The average molecular weight is 292 g/mol. The van der Waals surface area contributed by atoms with Gasteiger partial charge in [-0.05, 0) is 41.5 Å². The van der Waals surface area contributed by atoms with Gasteiger partial charge in [0.1, 0.15) is 0 Å². The van der Waals surface area contributed by atoms with Gasteiger partial charge >= 0.3 is 0 Å². The molecule has 0 saturated carbocycles. The molecule has 1 atom stereocenters. The first-order valence-electron chi connectivity index (χ1n) is 6.34. The second-order valence-corrected chi connectivity index (χ2v) is 6.11. The van der Waals surface area contributed by atoms with Gasteiger partial charge in [0.05, 0.1) is 5.38 Å². The van der Waals surface area contributed by atoms with Crippen LogP contribution in [0, 0.1) is 0 Å². The highest BCUT2D eigenvalue weighted by molar-refractivity contribution is 7.10. The van der Waals surface area contributed by atoms with E-state index < -0.39 is 0 Å². The predicted molar refractivity (Wildman–Crippen MR) is 80.0 cm³/mol. The number of thiophene rings is 1. The van der Waals surface area contributed by atoms with Crippen LogP contribution >= 0.6 is 22.9 Å². The van der Waals surface area contributed by atoms with Crippen LogP contribution in [0.4, 0.5) is 5.69 Å². The van der Waals surface area contributed by atoms with Crippen molar-refractivity contribution in [1.82, 2.24) is 0 Å². The third-order valence-corrected chi connectivity index (χ3v) is 4.89. The van der Waals surface area contributed by atoms with Crippen LogP contribution in [-0.4, -0.2) is 5.91 Å². The first kappa shape index (κ1) is 12.7. The minimum absolute atomic E-state index is 0.104. The van der Waals surface area contributed by atoms with E-state index in [1.165, 1.54) is 5.56 Å². The SMILES string of the molecule is O=C1CCCc2cc(C(Cl)c3cccs3)ccc2N1. The molecule has 0 radical (unpaired) electrons. The van der Waals surface area contributed by atoms with Gasteiger partial charge in [-0.1, -0.05) is 18.2 Å². The number of carbonyl (C=O) groups is 1. The van der Waals surface area contributed by atoms with Gasteiger partial charge in [-0.25, -0.2) is 0 Å². The number of amides is 1. The van der Waals surface area contributed by atoms with Gasteiger partial charge in [0, 0.05) is 17.0 Å². The molecular weight excluding hydrogens is 278 g/mol. The molecule has 0 bridgehead atoms. The van der Waals surface area contributed by atoms with Crippen LogP contribution in [0.25, 0.3) is 0 Å². The number of rotatable bonds is 2. The molecule has 19 heavy (non-hydrogen) atoms. The van der Waals surface area contributed by atoms with Crippen molar-refractivity contribution in [2.75, 3.05) is 5.32 Å². The van der Waals surface area contributed by atoms with E-state index in [2.05, 4.69) is 17.4 Å². The molecule has 1 aromatic heterocycles. The second kappa shape index (κ2) is 5.35. The minimum atomic E-state index is -0.107. The Morgan fingerprint density at radius 3 is 2.95 bits per heavy atom. The summed E-state index contributed by atoms with van der Waals surface area (Å²) in [6, 6.07) is 10.2. The molecule has 98 valence electrons. The van der Waals surface area contributed by atoms with Crippen molar-refractivity contribution in [3.63, 3.8) is 0 Å². The van der Waals surface area contributed by atoms with E-state index in [0.29, 0.717) is 6.42 Å². The Morgan fingerprint density at radius 1 is 1.26 bits per heavy atom. The number of fused-ring (bicyclic) bond motifs is 1. The summed E-state index contributed by atoms with van der Waals surface area (Å²) in [4.78, 5) is 12.7. The Morgan fingerprint density at radius 2 is 2.16 bits per heavy atom. The molecule has 1 aliphatic rings. The lowest BCUT2D eigenvalue weighted by molar-refractivity contribution is -0.116. The Hall–Kier alpha value is -1.32. The van der Waals surface area contributed by atoms with Crippen molar-refractivity contribution < 1.29 is 4.79 Å². The fourth-order valence-corrected chi connectivity index (χ4v) is 3.44. The number of hydrogen-bond donors (Lipinski definition) is 1. The molecule has 1 N–H and O–H groups in total.